The highest BCUT2D eigenvalue weighted by atomic mass is 32.1. The van der Waals surface area contributed by atoms with Crippen molar-refractivity contribution in [2.75, 3.05) is 207 Å². The largest absolute Gasteiger partial charge is 0.357 e. The fraction of sp³-hybridized carbons (Fsp3) is 0.689. The van der Waals surface area contributed by atoms with Crippen LogP contribution in [0, 0.1) is 18.8 Å². The maximum absolute atomic E-state index is 13.3. The summed E-state index contributed by atoms with van der Waals surface area (Å²) < 4.78 is 9.32. The van der Waals surface area contributed by atoms with Crippen molar-refractivity contribution >= 4 is 119 Å². The van der Waals surface area contributed by atoms with Gasteiger partial charge in [-0.2, -0.15) is 25.5 Å². The molecule has 11 saturated heterocycles. The van der Waals surface area contributed by atoms with Crippen molar-refractivity contribution in [2.24, 2.45) is 47.1 Å². The Morgan fingerprint density at radius 1 is 0.293 bits per heavy atom. The number of piperidine rings is 4. The zero-order valence-electron chi connectivity index (χ0n) is 92.8. The lowest BCUT2D eigenvalue weighted by molar-refractivity contribution is 0.0908. The van der Waals surface area contributed by atoms with Gasteiger partial charge in [0.1, 0.15) is 40.5 Å². The number of rotatable bonds is 27. The summed E-state index contributed by atoms with van der Waals surface area (Å²) in [7, 11) is 9.79. The number of ketones is 2. The van der Waals surface area contributed by atoms with Gasteiger partial charge in [-0.25, -0.2) is 39.0 Å². The second-order valence-corrected chi connectivity index (χ2v) is 47.1. The van der Waals surface area contributed by atoms with Gasteiger partial charge in [-0.15, -0.1) is 11.3 Å². The molecule has 22 rings (SSSR count). The van der Waals surface area contributed by atoms with Crippen LogP contribution in [0.25, 0.3) is 55.2 Å². The van der Waals surface area contributed by atoms with E-state index in [9.17, 15) is 14.4 Å². The fourth-order valence-electron chi connectivity index (χ4n) is 25.3. The van der Waals surface area contributed by atoms with E-state index >= 15 is 0 Å². The number of nitrogens with zero attached hydrogens (tertiary/aromatic N) is 26. The van der Waals surface area contributed by atoms with Gasteiger partial charge in [0.2, 0.25) is 0 Å². The summed E-state index contributed by atoms with van der Waals surface area (Å²) in [5.74, 6) is 7.05. The molecule has 1 N–H and O–H groups in total. The standard InChI is InChI=1S/C29H46N6O.C27H42N6O.2C22H35N5.C19H23N5OS/c1-32-29-25(11-12-27(30-29)35-17-9-3-2-4-10-18-35)28(31-32)26(36)23-24-13-19-34(20-14-24)22-21-33-15-7-5-6-8-16-33;1-30-27-23(9-10-25(28-27)33-15-7-2-3-8-16-33)26(29-30)24(34)21-22-11-17-32(18-12-22)20-19-31-13-5-4-6-14-31;1-18-10-8-16-26(18)17-9-11-20-19-12-13-21(23-22(19)25(2)24-20)27-14-6-4-3-5-7-15-27;1-25-22-19(20(24-25)11-10-16-26-14-6-5-7-15-26)12-13-21(23-22)27-17-8-3-2-4-9-18-27;1-13-7-9-15(26-13)19(25)21-17-14-8-10-16(20-18(14)23(2)22-17)24-11-5-3-4-6-12-24/h11-12,24H,2-10,13-23H2,1H3;9-10,22H,2-8,11-21H2,1H3;12-13,18H,3-11,14-17H2,1-2H3;12-13H,2-11,14-18H2,1H3;7-10H,3-6,11-12H2,1-2H3,(H,21,22,25). The number of anilines is 6. The third-order valence-corrected chi connectivity index (χ3v) is 35.5. The summed E-state index contributed by atoms with van der Waals surface area (Å²) in [6.07, 6.45) is 56.5. The molecule has 11 fully saturated rings. The Labute approximate surface area is 898 Å². The average molecular weight is 2070 g/mol. The van der Waals surface area contributed by atoms with Crippen molar-refractivity contribution < 1.29 is 14.4 Å². The Balaban J connectivity index is 0.000000123. The molecule has 0 aromatic carbocycles. The van der Waals surface area contributed by atoms with Crippen LogP contribution < -0.4 is 29.8 Å². The molecule has 0 radical (unpaired) electrons. The van der Waals surface area contributed by atoms with Crippen LogP contribution in [-0.2, 0) is 48.1 Å². The molecule has 11 aromatic heterocycles. The predicted molar refractivity (Wildman–Crippen MR) is 615 cm³/mol. The zero-order valence-corrected chi connectivity index (χ0v) is 93.6. The van der Waals surface area contributed by atoms with E-state index in [1.165, 1.54) is 356 Å². The Morgan fingerprint density at radius 3 is 0.920 bits per heavy atom. The third kappa shape index (κ3) is 30.3. The van der Waals surface area contributed by atoms with Crippen molar-refractivity contribution in [1.29, 1.82) is 0 Å². The van der Waals surface area contributed by atoms with Crippen LogP contribution in [0.1, 0.15) is 330 Å². The van der Waals surface area contributed by atoms with Crippen LogP contribution >= 0.6 is 11.3 Å². The Bertz CT molecular complexity index is 6010. The minimum absolute atomic E-state index is 0.125. The zero-order chi connectivity index (χ0) is 103. The van der Waals surface area contributed by atoms with E-state index in [-0.39, 0.29) is 17.5 Å². The first-order valence-corrected chi connectivity index (χ1v) is 60.5. The van der Waals surface area contributed by atoms with Crippen molar-refractivity contribution in [3.05, 3.63) is 105 Å². The number of thiophene rings is 1. The highest BCUT2D eigenvalue weighted by molar-refractivity contribution is 7.14. The smallest absolute Gasteiger partial charge is 0.266 e. The molecule has 31 heteroatoms. The van der Waals surface area contributed by atoms with Crippen molar-refractivity contribution in [1.82, 2.24) is 103 Å². The number of hydrogen-bond donors (Lipinski definition) is 1. The van der Waals surface area contributed by atoms with Crippen LogP contribution in [0.2, 0.25) is 0 Å². The summed E-state index contributed by atoms with van der Waals surface area (Å²) in [6, 6.07) is 25.9. The average Bonchev–Trinajstić information content (AvgIpc) is 1.65. The maximum atomic E-state index is 13.3. The molecule has 0 saturated carbocycles. The molecule has 0 bridgehead atoms. The van der Waals surface area contributed by atoms with Crippen LogP contribution in [0.15, 0.2) is 72.8 Å². The molecule has 11 aliphatic rings. The van der Waals surface area contributed by atoms with Crippen molar-refractivity contribution in [3.63, 3.8) is 0 Å². The molecule has 1 atom stereocenters. The number of carbonyl (C=O) groups is 3. The number of hydrogen-bond acceptors (Lipinski definition) is 25. The second kappa shape index (κ2) is 56.0. The first-order chi connectivity index (χ1) is 73.5. The number of fused-ring (bicyclic) bond motifs is 5. The van der Waals surface area contributed by atoms with E-state index in [4.69, 9.17) is 35.1 Å². The number of amides is 1. The molecule has 816 valence electrons. The van der Waals surface area contributed by atoms with E-state index in [1.54, 1.807) is 9.36 Å². The number of aromatic nitrogens is 15. The lowest BCUT2D eigenvalue weighted by Crippen LogP contribution is -2.41. The van der Waals surface area contributed by atoms with Gasteiger partial charge in [0.25, 0.3) is 5.91 Å². The summed E-state index contributed by atoms with van der Waals surface area (Å²) in [5.41, 5.74) is 8.20. The number of nitrogens with one attached hydrogen (secondary N) is 1. The van der Waals surface area contributed by atoms with E-state index in [0.29, 0.717) is 46.8 Å². The predicted octanol–water partition coefficient (Wildman–Crippen LogP) is 21.3. The molecule has 0 aliphatic carbocycles. The minimum Gasteiger partial charge on any atom is -0.357 e. The van der Waals surface area contributed by atoms with E-state index in [2.05, 4.69) is 130 Å². The van der Waals surface area contributed by atoms with E-state index in [0.717, 1.165) is 215 Å². The summed E-state index contributed by atoms with van der Waals surface area (Å²) >= 11 is 1.48. The number of Topliss-reactive ketones (excluding diaryl/α,β-unsaturated/α-hetero) is 2. The number of pyridine rings is 5. The lowest BCUT2D eigenvalue weighted by Gasteiger charge is -2.34. The van der Waals surface area contributed by atoms with Gasteiger partial charge in [0.05, 0.1) is 32.4 Å². The van der Waals surface area contributed by atoms with Crippen LogP contribution in [0.3, 0.4) is 0 Å². The number of carbonyl (C=O) groups excluding carboxylic acids is 3. The monoisotopic (exact) mass is 2070 g/mol. The van der Waals surface area contributed by atoms with Crippen molar-refractivity contribution in [3.8, 4) is 0 Å². The van der Waals surface area contributed by atoms with Crippen molar-refractivity contribution in [2.45, 2.75) is 309 Å². The summed E-state index contributed by atoms with van der Waals surface area (Å²) in [5, 5.41) is 31.5. The van der Waals surface area contributed by atoms with Gasteiger partial charge in [-0.1, -0.05) is 109 Å². The first-order valence-electron chi connectivity index (χ1n) is 59.7. The molecule has 0 spiro atoms. The Kier molecular flexibility index (Phi) is 41.1. The molecule has 1 amide bonds. The Hall–Kier alpha value is -9.63. The van der Waals surface area contributed by atoms with Crippen LogP contribution in [0.4, 0.5) is 34.9 Å². The van der Waals surface area contributed by atoms with Crippen LogP contribution in [0.5, 0.6) is 0 Å². The molecule has 1 unspecified atom stereocenters. The molecular formula is C119H181N27O3S. The molecule has 30 nitrogen and oxygen atoms in total. The first kappa shape index (κ1) is 110. The maximum Gasteiger partial charge on any atom is 0.266 e. The van der Waals surface area contributed by atoms with E-state index < -0.39 is 0 Å². The highest BCUT2D eigenvalue weighted by Gasteiger charge is 2.32. The molecule has 22 heterocycles. The molecule has 11 aliphatic heterocycles. The molecular weight excluding hydrogens is 1890 g/mol. The number of likely N-dealkylation sites (tertiary alicyclic amines) is 6. The van der Waals surface area contributed by atoms with Gasteiger partial charge in [-0.3, -0.25) is 23.7 Å². The third-order valence-electron chi connectivity index (χ3n) is 34.5. The normalized spacial score (nSPS) is 20.4. The number of aryl methyl sites for hydroxylation is 8. The molecule has 11 aromatic rings. The van der Waals surface area contributed by atoms with Gasteiger partial charge in [0.15, 0.2) is 45.6 Å². The quantitative estimate of drug-likeness (QED) is 0.0470. The SMILES string of the molecule is CC1CCCN1CCCc1nn(C)c2nc(N3CCCCCCC3)ccc12.Cc1ccc(C(=O)Nc2nn(C)c3nc(N4CCCCCC4)ccc23)s1.Cn1nc(C(=O)CC2CCN(CCN3CCCCC3)CC2)c2ccc(N3CCCCCC3)nc21.Cn1nc(C(=O)CC2CCN(CCN3CCCCCC3)CC2)c2ccc(N3CCCCCCC3)nc21.Cn1nc(CCCN2CCCCC2)c2ccc(N3CCCCCCC3)nc21. The highest BCUT2D eigenvalue weighted by Crippen LogP contribution is 2.36. The fourth-order valence-corrected chi connectivity index (χ4v) is 26.1. The summed E-state index contributed by atoms with van der Waals surface area (Å²) in [4.78, 5) is 93.4. The summed E-state index contributed by atoms with van der Waals surface area (Å²) in [6.45, 7) is 35.9. The molecule has 150 heavy (non-hydrogen) atoms. The van der Waals surface area contributed by atoms with Gasteiger partial charge in [0, 0.05) is 161 Å². The second-order valence-electron chi connectivity index (χ2n) is 45.8. The van der Waals surface area contributed by atoms with E-state index in [1.807, 2.05) is 80.5 Å². The van der Waals surface area contributed by atoms with Crippen LogP contribution in [-0.4, -0.2) is 303 Å². The van der Waals surface area contributed by atoms with Gasteiger partial charge >= 0.3 is 0 Å². The minimum atomic E-state index is -0.125. The van der Waals surface area contributed by atoms with Gasteiger partial charge in [-0.05, 0) is 351 Å². The van der Waals surface area contributed by atoms with Gasteiger partial charge < -0.3 is 59.2 Å². The topological polar surface area (TPSA) is 252 Å². The Morgan fingerprint density at radius 2 is 0.580 bits per heavy atom. The lowest BCUT2D eigenvalue weighted by atomic mass is 9.90.